The molecule has 4 atom stereocenters. The van der Waals surface area contributed by atoms with Gasteiger partial charge in [-0.3, -0.25) is 4.98 Å². The van der Waals surface area contributed by atoms with E-state index in [2.05, 4.69) is 4.98 Å². The van der Waals surface area contributed by atoms with Crippen LogP contribution in [0, 0.1) is 5.92 Å². The predicted molar refractivity (Wildman–Crippen MR) is 61.8 cm³/mol. The molecule has 0 radical (unpaired) electrons. The van der Waals surface area contributed by atoms with Crippen molar-refractivity contribution in [3.8, 4) is 5.75 Å². The number of pyridine rings is 1. The van der Waals surface area contributed by atoms with Crippen LogP contribution in [-0.4, -0.2) is 29.4 Å². The molecule has 1 aromatic rings. The monoisotopic (exact) mass is 235 g/mol. The Hall–Kier alpha value is -1.13. The third-order valence-electron chi connectivity index (χ3n) is 3.87. The lowest BCUT2D eigenvalue weighted by molar-refractivity contribution is 0.0420. The normalized spacial score (nSPS) is 32.7. The van der Waals surface area contributed by atoms with Crippen molar-refractivity contribution in [2.45, 2.75) is 37.6 Å². The average Bonchev–Trinajstić information content (AvgIpc) is 3.00. The minimum atomic E-state index is -0.493. The molecule has 1 aromatic heterocycles. The van der Waals surface area contributed by atoms with Gasteiger partial charge in [-0.15, -0.1) is 0 Å². The van der Waals surface area contributed by atoms with Crippen LogP contribution in [0.25, 0.3) is 0 Å². The second kappa shape index (κ2) is 4.27. The zero-order valence-corrected chi connectivity index (χ0v) is 9.87. The van der Waals surface area contributed by atoms with E-state index in [0.29, 0.717) is 11.9 Å². The van der Waals surface area contributed by atoms with Crippen molar-refractivity contribution in [1.82, 2.24) is 4.98 Å². The maximum Gasteiger partial charge on any atom is 0.137 e. The number of aliphatic hydroxyl groups excluding tert-OH is 1. The molecule has 92 valence electrons. The minimum absolute atomic E-state index is 0.211. The summed E-state index contributed by atoms with van der Waals surface area (Å²) < 4.78 is 10.9. The molecule has 0 saturated carbocycles. The first kappa shape index (κ1) is 11.0. The van der Waals surface area contributed by atoms with Gasteiger partial charge < -0.3 is 14.6 Å². The molecule has 1 N–H and O–H groups in total. The molecule has 2 aliphatic rings. The van der Waals surface area contributed by atoms with Crippen LogP contribution in [-0.2, 0) is 4.74 Å². The highest BCUT2D eigenvalue weighted by molar-refractivity contribution is 5.26. The van der Waals surface area contributed by atoms with Gasteiger partial charge in [-0.25, -0.2) is 0 Å². The molecule has 4 nitrogen and oxygen atoms in total. The van der Waals surface area contributed by atoms with Gasteiger partial charge in [-0.2, -0.15) is 0 Å². The fourth-order valence-electron chi connectivity index (χ4n) is 2.97. The van der Waals surface area contributed by atoms with Gasteiger partial charge in [0.05, 0.1) is 31.6 Å². The van der Waals surface area contributed by atoms with E-state index < -0.39 is 6.10 Å². The molecule has 2 saturated heterocycles. The summed E-state index contributed by atoms with van der Waals surface area (Å²) in [6, 6.07) is 1.85. The van der Waals surface area contributed by atoms with Crippen molar-refractivity contribution >= 4 is 0 Å². The number of aliphatic hydroxyl groups is 1. The van der Waals surface area contributed by atoms with Crippen molar-refractivity contribution in [1.29, 1.82) is 0 Å². The lowest BCUT2D eigenvalue weighted by Crippen LogP contribution is -2.23. The maximum absolute atomic E-state index is 10.4. The van der Waals surface area contributed by atoms with Gasteiger partial charge in [0.2, 0.25) is 0 Å². The van der Waals surface area contributed by atoms with Gasteiger partial charge in [-0.1, -0.05) is 0 Å². The molecule has 3 heterocycles. The average molecular weight is 235 g/mol. The van der Waals surface area contributed by atoms with E-state index in [4.69, 9.17) is 9.47 Å². The number of hydrogen-bond acceptors (Lipinski definition) is 4. The van der Waals surface area contributed by atoms with Crippen LogP contribution in [0.4, 0.5) is 0 Å². The van der Waals surface area contributed by atoms with Crippen LogP contribution < -0.4 is 4.74 Å². The SMILES string of the molecule is COc1cncc(C(O)C2CC3CCC2O3)c1. The largest absolute Gasteiger partial charge is 0.495 e. The molecule has 2 aliphatic heterocycles. The van der Waals surface area contributed by atoms with E-state index in [1.807, 2.05) is 6.07 Å². The summed E-state index contributed by atoms with van der Waals surface area (Å²) in [4.78, 5) is 4.08. The predicted octanol–water partition coefficient (Wildman–Crippen LogP) is 1.69. The van der Waals surface area contributed by atoms with Crippen LogP contribution in [0.3, 0.4) is 0 Å². The van der Waals surface area contributed by atoms with Gasteiger partial charge >= 0.3 is 0 Å². The standard InChI is InChI=1S/C13H17NO3/c1-16-10-4-8(6-14-7-10)13(15)11-5-9-2-3-12(11)17-9/h4,6-7,9,11-13,15H,2-3,5H2,1H3. The van der Waals surface area contributed by atoms with Crippen LogP contribution in [0.15, 0.2) is 18.5 Å². The quantitative estimate of drug-likeness (QED) is 0.866. The highest BCUT2D eigenvalue weighted by Gasteiger charge is 2.44. The van der Waals surface area contributed by atoms with Crippen LogP contribution in [0.1, 0.15) is 30.9 Å². The van der Waals surface area contributed by atoms with Gasteiger partial charge in [0.15, 0.2) is 0 Å². The van der Waals surface area contributed by atoms with Crippen LogP contribution >= 0.6 is 0 Å². The summed E-state index contributed by atoms with van der Waals surface area (Å²) in [7, 11) is 1.60. The number of ether oxygens (including phenoxy) is 2. The van der Waals surface area contributed by atoms with E-state index in [0.717, 1.165) is 24.8 Å². The first-order chi connectivity index (χ1) is 8.28. The summed E-state index contributed by atoms with van der Waals surface area (Å²) in [5.74, 6) is 0.897. The summed E-state index contributed by atoms with van der Waals surface area (Å²) in [6.45, 7) is 0. The molecule has 0 aliphatic carbocycles. The Morgan fingerprint density at radius 2 is 2.35 bits per heavy atom. The van der Waals surface area contributed by atoms with Crippen molar-refractivity contribution in [3.05, 3.63) is 24.0 Å². The van der Waals surface area contributed by atoms with Gasteiger partial charge in [-0.05, 0) is 25.3 Å². The zero-order chi connectivity index (χ0) is 11.8. The van der Waals surface area contributed by atoms with Crippen molar-refractivity contribution in [2.24, 2.45) is 5.92 Å². The zero-order valence-electron chi connectivity index (χ0n) is 9.87. The van der Waals surface area contributed by atoms with E-state index >= 15 is 0 Å². The van der Waals surface area contributed by atoms with E-state index in [9.17, 15) is 5.11 Å². The molecule has 0 aromatic carbocycles. The molecular weight excluding hydrogens is 218 g/mol. The van der Waals surface area contributed by atoms with Crippen LogP contribution in [0.5, 0.6) is 5.75 Å². The number of fused-ring (bicyclic) bond motifs is 2. The highest BCUT2D eigenvalue weighted by Crippen LogP contribution is 2.44. The molecule has 0 spiro atoms. The van der Waals surface area contributed by atoms with Crippen molar-refractivity contribution in [2.75, 3.05) is 7.11 Å². The Morgan fingerprint density at radius 3 is 3.00 bits per heavy atom. The Labute approximate surface area is 101 Å². The van der Waals surface area contributed by atoms with E-state index in [1.165, 1.54) is 0 Å². The summed E-state index contributed by atoms with van der Waals surface area (Å²) >= 11 is 0. The third-order valence-corrected chi connectivity index (χ3v) is 3.87. The molecule has 2 bridgehead atoms. The molecule has 2 fully saturated rings. The molecular formula is C13H17NO3. The van der Waals surface area contributed by atoms with Crippen LogP contribution in [0.2, 0.25) is 0 Å². The summed E-state index contributed by atoms with van der Waals surface area (Å²) in [5, 5.41) is 10.4. The number of nitrogens with zero attached hydrogens (tertiary/aromatic N) is 1. The lowest BCUT2D eigenvalue weighted by Gasteiger charge is -2.24. The molecule has 0 amide bonds. The van der Waals surface area contributed by atoms with E-state index in [1.54, 1.807) is 19.5 Å². The summed E-state index contributed by atoms with van der Waals surface area (Å²) in [5.41, 5.74) is 0.825. The maximum atomic E-state index is 10.4. The smallest absolute Gasteiger partial charge is 0.137 e. The number of rotatable bonds is 3. The van der Waals surface area contributed by atoms with Gasteiger partial charge in [0, 0.05) is 17.7 Å². The molecule has 3 rings (SSSR count). The molecule has 4 heteroatoms. The summed E-state index contributed by atoms with van der Waals surface area (Å²) in [6.07, 6.45) is 6.62. The Bertz CT molecular complexity index is 409. The van der Waals surface area contributed by atoms with Gasteiger partial charge in [0.1, 0.15) is 5.75 Å². The Kier molecular flexibility index (Phi) is 2.76. The highest BCUT2D eigenvalue weighted by atomic mass is 16.5. The first-order valence-corrected chi connectivity index (χ1v) is 6.10. The molecule has 17 heavy (non-hydrogen) atoms. The fourth-order valence-corrected chi connectivity index (χ4v) is 2.97. The fraction of sp³-hybridized carbons (Fsp3) is 0.615. The first-order valence-electron chi connectivity index (χ1n) is 6.10. The second-order valence-corrected chi connectivity index (χ2v) is 4.88. The minimum Gasteiger partial charge on any atom is -0.495 e. The Morgan fingerprint density at radius 1 is 1.47 bits per heavy atom. The lowest BCUT2D eigenvalue weighted by atomic mass is 9.83. The van der Waals surface area contributed by atoms with E-state index in [-0.39, 0.29) is 12.0 Å². The van der Waals surface area contributed by atoms with Crippen molar-refractivity contribution < 1.29 is 14.6 Å². The Balaban J connectivity index is 1.79. The number of methoxy groups -OCH3 is 1. The number of hydrogen-bond donors (Lipinski definition) is 1. The molecule has 4 unspecified atom stereocenters. The third kappa shape index (κ3) is 1.91. The second-order valence-electron chi connectivity index (χ2n) is 4.88. The van der Waals surface area contributed by atoms with Crippen molar-refractivity contribution in [3.63, 3.8) is 0 Å². The van der Waals surface area contributed by atoms with Gasteiger partial charge in [0.25, 0.3) is 0 Å². The topological polar surface area (TPSA) is 51.6 Å². The number of aromatic nitrogens is 1.